The van der Waals surface area contributed by atoms with E-state index in [9.17, 15) is 0 Å². The molecule has 0 aromatic rings. The van der Waals surface area contributed by atoms with Gasteiger partial charge in [0, 0.05) is 6.42 Å². The van der Waals surface area contributed by atoms with Crippen molar-refractivity contribution in [2.45, 2.75) is 80.4 Å². The van der Waals surface area contributed by atoms with Crippen molar-refractivity contribution in [3.63, 3.8) is 0 Å². The zero-order chi connectivity index (χ0) is 15.5. The van der Waals surface area contributed by atoms with E-state index in [1.165, 1.54) is 19.3 Å². The van der Waals surface area contributed by atoms with Gasteiger partial charge in [-0.15, -0.1) is 0 Å². The van der Waals surface area contributed by atoms with E-state index in [0.717, 1.165) is 25.6 Å². The van der Waals surface area contributed by atoms with E-state index in [1.54, 1.807) is 0 Å². The first-order valence-electron chi connectivity index (χ1n) is 8.54. The van der Waals surface area contributed by atoms with E-state index in [1.807, 2.05) is 0 Å². The van der Waals surface area contributed by atoms with E-state index in [2.05, 4.69) is 48.5 Å². The number of hydrogen-bond acceptors (Lipinski definition) is 2. The second kappa shape index (κ2) is 11.6. The molecule has 20 heavy (non-hydrogen) atoms. The number of rotatable bonds is 12. The molecule has 0 aliphatic heterocycles. The lowest BCUT2D eigenvalue weighted by Gasteiger charge is -2.24. The number of hydrogen-bond donors (Lipinski definition) is 0. The van der Waals surface area contributed by atoms with Gasteiger partial charge in [-0.05, 0) is 23.7 Å². The summed E-state index contributed by atoms with van der Waals surface area (Å²) in [6, 6.07) is 0. The van der Waals surface area contributed by atoms with Gasteiger partial charge in [-0.1, -0.05) is 67.7 Å². The molecule has 0 N–H and O–H groups in total. The van der Waals surface area contributed by atoms with Crippen LogP contribution in [-0.2, 0) is 9.47 Å². The predicted octanol–water partition coefficient (Wildman–Crippen LogP) is 5.51. The standard InChI is InChI=1S/C18H38O2/c1-14(2)9-8-10-17(7)11-18(19-12-15(3)4)20-13-16(5)6/h14-18H,8-13H2,1-7H3/t17-/m1/s1. The van der Waals surface area contributed by atoms with Crippen LogP contribution in [0.1, 0.15) is 74.1 Å². The summed E-state index contributed by atoms with van der Waals surface area (Å²) in [4.78, 5) is 0. The Morgan fingerprint density at radius 2 is 1.15 bits per heavy atom. The van der Waals surface area contributed by atoms with E-state index < -0.39 is 0 Å². The molecule has 0 saturated carbocycles. The fraction of sp³-hybridized carbons (Fsp3) is 1.00. The van der Waals surface area contributed by atoms with Crippen LogP contribution in [0.15, 0.2) is 0 Å². The van der Waals surface area contributed by atoms with Crippen molar-refractivity contribution in [3.8, 4) is 0 Å². The van der Waals surface area contributed by atoms with Crippen LogP contribution in [0.3, 0.4) is 0 Å². The first kappa shape index (κ1) is 19.9. The molecule has 0 spiro atoms. The van der Waals surface area contributed by atoms with Gasteiger partial charge in [-0.3, -0.25) is 0 Å². The summed E-state index contributed by atoms with van der Waals surface area (Å²) < 4.78 is 11.9. The van der Waals surface area contributed by atoms with Gasteiger partial charge in [-0.25, -0.2) is 0 Å². The molecule has 0 heterocycles. The van der Waals surface area contributed by atoms with Crippen LogP contribution in [0.4, 0.5) is 0 Å². The van der Waals surface area contributed by atoms with Gasteiger partial charge in [-0.2, -0.15) is 0 Å². The van der Waals surface area contributed by atoms with Gasteiger partial charge >= 0.3 is 0 Å². The van der Waals surface area contributed by atoms with Crippen LogP contribution < -0.4 is 0 Å². The van der Waals surface area contributed by atoms with Crippen molar-refractivity contribution >= 4 is 0 Å². The van der Waals surface area contributed by atoms with Gasteiger partial charge in [0.1, 0.15) is 0 Å². The van der Waals surface area contributed by atoms with Crippen molar-refractivity contribution < 1.29 is 9.47 Å². The van der Waals surface area contributed by atoms with Crippen LogP contribution in [-0.4, -0.2) is 19.5 Å². The normalized spacial score (nSPS) is 13.9. The van der Waals surface area contributed by atoms with Crippen molar-refractivity contribution in [1.82, 2.24) is 0 Å². The molecule has 0 amide bonds. The maximum atomic E-state index is 5.93. The zero-order valence-electron chi connectivity index (χ0n) is 14.9. The summed E-state index contributed by atoms with van der Waals surface area (Å²) in [5, 5.41) is 0. The van der Waals surface area contributed by atoms with E-state index in [0.29, 0.717) is 17.8 Å². The third-order valence-corrected chi connectivity index (χ3v) is 3.30. The van der Waals surface area contributed by atoms with Gasteiger partial charge in [0.2, 0.25) is 0 Å². The summed E-state index contributed by atoms with van der Waals surface area (Å²) in [6.45, 7) is 17.2. The summed E-state index contributed by atoms with van der Waals surface area (Å²) in [5.74, 6) is 2.62. The Bertz CT molecular complexity index is 199. The first-order chi connectivity index (χ1) is 9.31. The molecule has 0 aromatic carbocycles. The Morgan fingerprint density at radius 3 is 1.55 bits per heavy atom. The molecule has 0 aromatic heterocycles. The molecule has 0 bridgehead atoms. The summed E-state index contributed by atoms with van der Waals surface area (Å²) in [6.07, 6.45) is 4.94. The molecule has 0 saturated heterocycles. The van der Waals surface area contributed by atoms with E-state index in [-0.39, 0.29) is 6.29 Å². The van der Waals surface area contributed by atoms with Crippen molar-refractivity contribution in [2.24, 2.45) is 23.7 Å². The summed E-state index contributed by atoms with van der Waals surface area (Å²) in [5.41, 5.74) is 0. The molecular weight excluding hydrogens is 248 g/mol. The topological polar surface area (TPSA) is 18.5 Å². The average Bonchev–Trinajstić information content (AvgIpc) is 2.31. The highest BCUT2D eigenvalue weighted by molar-refractivity contribution is 4.59. The monoisotopic (exact) mass is 286 g/mol. The molecule has 0 unspecified atom stereocenters. The first-order valence-corrected chi connectivity index (χ1v) is 8.54. The predicted molar refractivity (Wildman–Crippen MR) is 87.8 cm³/mol. The number of ether oxygens (including phenoxy) is 2. The lowest BCUT2D eigenvalue weighted by atomic mass is 9.97. The lowest BCUT2D eigenvalue weighted by molar-refractivity contribution is -0.162. The highest BCUT2D eigenvalue weighted by Gasteiger charge is 2.15. The van der Waals surface area contributed by atoms with Crippen molar-refractivity contribution in [2.75, 3.05) is 13.2 Å². The average molecular weight is 286 g/mol. The third kappa shape index (κ3) is 12.9. The lowest BCUT2D eigenvalue weighted by Crippen LogP contribution is -2.24. The fourth-order valence-electron chi connectivity index (χ4n) is 2.10. The SMILES string of the molecule is CC(C)CCC[C@@H](C)CC(OCC(C)C)OCC(C)C. The van der Waals surface area contributed by atoms with Gasteiger partial charge < -0.3 is 9.47 Å². The minimum absolute atomic E-state index is 0.0196. The Labute approximate surface area is 127 Å². The minimum atomic E-state index is -0.0196. The third-order valence-electron chi connectivity index (χ3n) is 3.30. The molecule has 2 nitrogen and oxygen atoms in total. The van der Waals surface area contributed by atoms with Crippen LogP contribution in [0.25, 0.3) is 0 Å². The van der Waals surface area contributed by atoms with Crippen LogP contribution in [0.5, 0.6) is 0 Å². The molecular formula is C18H38O2. The minimum Gasteiger partial charge on any atom is -0.352 e. The molecule has 0 fully saturated rings. The highest BCUT2D eigenvalue weighted by Crippen LogP contribution is 2.19. The van der Waals surface area contributed by atoms with Gasteiger partial charge in [0.25, 0.3) is 0 Å². The highest BCUT2D eigenvalue weighted by atomic mass is 16.7. The smallest absolute Gasteiger partial charge is 0.157 e. The maximum Gasteiger partial charge on any atom is 0.157 e. The molecule has 0 rings (SSSR count). The van der Waals surface area contributed by atoms with Gasteiger partial charge in [0.05, 0.1) is 13.2 Å². The van der Waals surface area contributed by atoms with Crippen molar-refractivity contribution in [3.05, 3.63) is 0 Å². The molecule has 2 heteroatoms. The molecule has 0 radical (unpaired) electrons. The maximum absolute atomic E-state index is 5.93. The van der Waals surface area contributed by atoms with Gasteiger partial charge in [0.15, 0.2) is 6.29 Å². The Hall–Kier alpha value is -0.0800. The second-order valence-corrected chi connectivity index (χ2v) is 7.55. The van der Waals surface area contributed by atoms with Crippen molar-refractivity contribution in [1.29, 1.82) is 0 Å². The quantitative estimate of drug-likeness (QED) is 0.440. The van der Waals surface area contributed by atoms with Crippen LogP contribution in [0.2, 0.25) is 0 Å². The molecule has 0 aliphatic rings. The van der Waals surface area contributed by atoms with E-state index >= 15 is 0 Å². The Balaban J connectivity index is 4.03. The zero-order valence-corrected chi connectivity index (χ0v) is 14.9. The van der Waals surface area contributed by atoms with Crippen LogP contribution in [0, 0.1) is 23.7 Å². The molecule has 0 aliphatic carbocycles. The molecule has 122 valence electrons. The van der Waals surface area contributed by atoms with E-state index in [4.69, 9.17) is 9.47 Å². The molecule has 1 atom stereocenters. The fourth-order valence-corrected chi connectivity index (χ4v) is 2.10. The Kier molecular flexibility index (Phi) is 11.5. The van der Waals surface area contributed by atoms with Crippen LogP contribution >= 0.6 is 0 Å². The second-order valence-electron chi connectivity index (χ2n) is 7.55. The Morgan fingerprint density at radius 1 is 0.650 bits per heavy atom. The summed E-state index contributed by atoms with van der Waals surface area (Å²) >= 11 is 0. The largest absolute Gasteiger partial charge is 0.352 e. The summed E-state index contributed by atoms with van der Waals surface area (Å²) in [7, 11) is 0.